The molecule has 1 aromatic carbocycles. The molecule has 0 bridgehead atoms. The van der Waals surface area contributed by atoms with E-state index in [-0.39, 0.29) is 40.0 Å². The lowest BCUT2D eigenvalue weighted by atomic mass is 10.1. The molecule has 0 saturated carbocycles. The Morgan fingerprint density at radius 3 is 2.31 bits per heavy atom. The van der Waals surface area contributed by atoms with E-state index in [0.29, 0.717) is 17.9 Å². The van der Waals surface area contributed by atoms with Crippen LogP contribution in [0, 0.1) is 0 Å². The van der Waals surface area contributed by atoms with Crippen LogP contribution in [-0.4, -0.2) is 56.7 Å². The number of carbonyl (C=O) groups is 2. The monoisotopic (exact) mass is 520 g/mol. The number of hydrogen-bond donors (Lipinski definition) is 3. The first-order valence-electron chi connectivity index (χ1n) is 10.4. The average molecular weight is 521 g/mol. The molecule has 13 heteroatoms. The first-order valence-corrected chi connectivity index (χ1v) is 11.2. The molecule has 3 N–H and O–H groups in total. The van der Waals surface area contributed by atoms with Crippen LogP contribution in [0.5, 0.6) is 12.0 Å². The van der Waals surface area contributed by atoms with Crippen LogP contribution in [0.4, 0.5) is 11.6 Å². The lowest BCUT2D eigenvalue weighted by Crippen LogP contribution is -2.32. The van der Waals surface area contributed by atoms with Crippen LogP contribution in [0.2, 0.25) is 10.0 Å². The number of aliphatic carboxylic acids is 1. The summed E-state index contributed by atoms with van der Waals surface area (Å²) >= 11 is 12.0. The molecule has 0 unspecified atom stereocenters. The van der Waals surface area contributed by atoms with Crippen molar-refractivity contribution in [3.63, 3.8) is 0 Å². The molecule has 0 radical (unpaired) electrons. The summed E-state index contributed by atoms with van der Waals surface area (Å²) in [5, 5.41) is 15.4. The van der Waals surface area contributed by atoms with E-state index in [9.17, 15) is 14.7 Å². The number of halogens is 2. The van der Waals surface area contributed by atoms with E-state index in [2.05, 4.69) is 30.6 Å². The van der Waals surface area contributed by atoms with Gasteiger partial charge in [-0.2, -0.15) is 9.97 Å². The van der Waals surface area contributed by atoms with Crippen LogP contribution in [0.1, 0.15) is 29.3 Å². The summed E-state index contributed by atoms with van der Waals surface area (Å²) in [4.78, 5) is 40.3. The zero-order chi connectivity index (χ0) is 25.4. The topological polar surface area (TPSA) is 148 Å². The molecule has 1 atom stereocenters. The number of carboxylic acid groups (broad SMARTS) is 1. The summed E-state index contributed by atoms with van der Waals surface area (Å²) in [6.45, 7) is 2.32. The summed E-state index contributed by atoms with van der Waals surface area (Å²) in [6.07, 6.45) is 3.50. The lowest BCUT2D eigenvalue weighted by Gasteiger charge is -2.16. The van der Waals surface area contributed by atoms with E-state index in [1.807, 2.05) is 6.92 Å². The first-order chi connectivity index (χ1) is 16.8. The summed E-state index contributed by atoms with van der Waals surface area (Å²) in [5.41, 5.74) is 1.27. The molecule has 1 amide bonds. The fraction of sp³-hybridized carbons (Fsp3) is 0.273. The minimum absolute atomic E-state index is 0.00495. The van der Waals surface area contributed by atoms with Crippen molar-refractivity contribution >= 4 is 46.7 Å². The van der Waals surface area contributed by atoms with Crippen molar-refractivity contribution in [1.82, 2.24) is 19.9 Å². The molecule has 0 spiro atoms. The Hall–Kier alpha value is -3.70. The van der Waals surface area contributed by atoms with Gasteiger partial charge < -0.3 is 25.2 Å². The number of carbonyl (C=O) groups excluding carboxylic acids is 1. The number of amides is 1. The normalized spacial score (nSPS) is 11.4. The lowest BCUT2D eigenvalue weighted by molar-refractivity contribution is -0.137. The second-order valence-electron chi connectivity index (χ2n) is 7.15. The number of carboxylic acids is 1. The predicted octanol–water partition coefficient (Wildman–Crippen LogP) is 3.73. The number of rotatable bonds is 11. The largest absolute Gasteiger partial charge is 0.480 e. The van der Waals surface area contributed by atoms with Crippen molar-refractivity contribution in [3.8, 4) is 12.0 Å². The van der Waals surface area contributed by atoms with Crippen molar-refractivity contribution in [2.75, 3.05) is 24.4 Å². The Kier molecular flexibility index (Phi) is 8.98. The van der Waals surface area contributed by atoms with Crippen molar-refractivity contribution in [2.45, 2.75) is 25.8 Å². The third-order valence-corrected chi connectivity index (χ3v) is 5.12. The third-order valence-electron chi connectivity index (χ3n) is 4.55. The number of ether oxygens (including phenoxy) is 2. The molecule has 0 aliphatic carbocycles. The van der Waals surface area contributed by atoms with Gasteiger partial charge in [-0.3, -0.25) is 9.78 Å². The number of anilines is 2. The first kappa shape index (κ1) is 25.9. The maximum atomic E-state index is 12.5. The standard InChI is InChI=1S/C22H22Cl2N6O5/c1-3-8-35-22-29-20(28-21(30-22)34-2)27-16(19(32)33)9-12-4-6-13(7-5-12)26-18(31)17-14(23)10-25-11-15(17)24/h4-7,10-11,16H,3,8-9H2,1-2H3,(H,26,31)(H,32,33)(H,27,28,29,30)/t16-/m0/s1. The van der Waals surface area contributed by atoms with Gasteiger partial charge in [0.25, 0.3) is 5.91 Å². The van der Waals surface area contributed by atoms with Gasteiger partial charge in [0.05, 0.1) is 29.3 Å². The molecule has 35 heavy (non-hydrogen) atoms. The van der Waals surface area contributed by atoms with Crippen LogP contribution in [0.25, 0.3) is 0 Å². The van der Waals surface area contributed by atoms with Crippen LogP contribution < -0.4 is 20.1 Å². The van der Waals surface area contributed by atoms with Crippen molar-refractivity contribution in [3.05, 3.63) is 57.8 Å². The van der Waals surface area contributed by atoms with Crippen molar-refractivity contribution in [1.29, 1.82) is 0 Å². The summed E-state index contributed by atoms with van der Waals surface area (Å²) in [6, 6.07) is 5.61. The highest BCUT2D eigenvalue weighted by atomic mass is 35.5. The number of pyridine rings is 1. The van der Waals surface area contributed by atoms with E-state index >= 15 is 0 Å². The minimum atomic E-state index is -1.11. The van der Waals surface area contributed by atoms with Gasteiger partial charge in [-0.15, -0.1) is 4.98 Å². The number of aromatic nitrogens is 4. The van der Waals surface area contributed by atoms with Gasteiger partial charge in [0.1, 0.15) is 6.04 Å². The second-order valence-corrected chi connectivity index (χ2v) is 7.96. The van der Waals surface area contributed by atoms with Crippen LogP contribution >= 0.6 is 23.2 Å². The number of benzene rings is 1. The Balaban J connectivity index is 1.70. The molecular weight excluding hydrogens is 499 g/mol. The molecule has 2 aromatic heterocycles. The fourth-order valence-corrected chi connectivity index (χ4v) is 3.43. The number of methoxy groups -OCH3 is 1. The summed E-state index contributed by atoms with van der Waals surface area (Å²) < 4.78 is 10.4. The molecule has 0 aliphatic rings. The smallest absolute Gasteiger partial charge is 0.326 e. The Bertz CT molecular complexity index is 1180. The van der Waals surface area contributed by atoms with Crippen molar-refractivity contribution < 1.29 is 24.2 Å². The molecular formula is C22H22Cl2N6O5. The third kappa shape index (κ3) is 7.14. The van der Waals surface area contributed by atoms with E-state index in [1.165, 1.54) is 19.5 Å². The summed E-state index contributed by atoms with van der Waals surface area (Å²) in [5.74, 6) is -1.60. The SMILES string of the molecule is CCCOc1nc(N[C@@H](Cc2ccc(NC(=O)c3c(Cl)cncc3Cl)cc2)C(=O)O)nc(OC)n1. The van der Waals surface area contributed by atoms with E-state index in [0.717, 1.165) is 6.42 Å². The molecule has 184 valence electrons. The molecule has 3 aromatic rings. The van der Waals surface area contributed by atoms with Crippen molar-refractivity contribution in [2.24, 2.45) is 0 Å². The second kappa shape index (κ2) is 12.1. The highest BCUT2D eigenvalue weighted by molar-refractivity contribution is 6.40. The van der Waals surface area contributed by atoms with E-state index in [1.54, 1.807) is 24.3 Å². The number of hydrogen-bond acceptors (Lipinski definition) is 9. The predicted molar refractivity (Wildman–Crippen MR) is 130 cm³/mol. The molecule has 3 rings (SSSR count). The van der Waals surface area contributed by atoms with Crippen LogP contribution in [-0.2, 0) is 11.2 Å². The maximum absolute atomic E-state index is 12.5. The van der Waals surface area contributed by atoms with Gasteiger partial charge >= 0.3 is 18.0 Å². The van der Waals surface area contributed by atoms with Gasteiger partial charge in [0.2, 0.25) is 5.95 Å². The van der Waals surface area contributed by atoms with Gasteiger partial charge in [0.15, 0.2) is 0 Å². The summed E-state index contributed by atoms with van der Waals surface area (Å²) in [7, 11) is 1.38. The Morgan fingerprint density at radius 1 is 1.06 bits per heavy atom. The zero-order valence-electron chi connectivity index (χ0n) is 18.8. The molecule has 0 fully saturated rings. The molecule has 0 saturated heterocycles. The van der Waals surface area contributed by atoms with Gasteiger partial charge in [-0.1, -0.05) is 42.3 Å². The van der Waals surface area contributed by atoms with Gasteiger partial charge in [-0.05, 0) is 24.1 Å². The minimum Gasteiger partial charge on any atom is -0.480 e. The molecule has 11 nitrogen and oxygen atoms in total. The maximum Gasteiger partial charge on any atom is 0.326 e. The van der Waals surface area contributed by atoms with Crippen LogP contribution in [0.15, 0.2) is 36.7 Å². The zero-order valence-corrected chi connectivity index (χ0v) is 20.3. The Morgan fingerprint density at radius 2 is 1.71 bits per heavy atom. The highest BCUT2D eigenvalue weighted by Gasteiger charge is 2.21. The number of nitrogens with zero attached hydrogens (tertiary/aromatic N) is 4. The molecule has 0 aliphatic heterocycles. The van der Waals surface area contributed by atoms with E-state index in [4.69, 9.17) is 32.7 Å². The fourth-order valence-electron chi connectivity index (χ4n) is 2.89. The quantitative estimate of drug-likeness (QED) is 0.341. The average Bonchev–Trinajstić information content (AvgIpc) is 2.83. The Labute approximate surface area is 210 Å². The number of nitrogens with one attached hydrogen (secondary N) is 2. The van der Waals surface area contributed by atoms with E-state index < -0.39 is 17.9 Å². The van der Waals surface area contributed by atoms with Gasteiger partial charge in [-0.25, -0.2) is 4.79 Å². The van der Waals surface area contributed by atoms with Gasteiger partial charge in [0, 0.05) is 24.5 Å². The van der Waals surface area contributed by atoms with Crippen LogP contribution in [0.3, 0.4) is 0 Å². The highest BCUT2D eigenvalue weighted by Crippen LogP contribution is 2.24. The molecule has 2 heterocycles.